The molecule has 0 heterocycles. The molecule has 0 spiro atoms. The Kier molecular flexibility index (Phi) is 4.42. The summed E-state index contributed by atoms with van der Waals surface area (Å²) in [7, 11) is 3.09. The molecule has 1 amide bonds. The molecule has 2 aromatic rings. The van der Waals surface area contributed by atoms with Crippen molar-refractivity contribution in [3.63, 3.8) is 0 Å². The molecule has 1 aliphatic carbocycles. The van der Waals surface area contributed by atoms with E-state index in [1.165, 1.54) is 19.2 Å². The SMILES string of the molecule is COc1ccc(C(=O)NCC2(c3ccc(F)cc3)CC2)cc1OC. The van der Waals surface area contributed by atoms with Crippen LogP contribution in [-0.4, -0.2) is 26.7 Å². The summed E-state index contributed by atoms with van der Waals surface area (Å²) in [6, 6.07) is 11.6. The predicted octanol–water partition coefficient (Wildman–Crippen LogP) is 3.30. The Morgan fingerprint density at radius 2 is 1.75 bits per heavy atom. The molecule has 1 N–H and O–H groups in total. The Morgan fingerprint density at radius 3 is 2.33 bits per heavy atom. The maximum absolute atomic E-state index is 13.1. The van der Waals surface area contributed by atoms with Gasteiger partial charge in [0.15, 0.2) is 11.5 Å². The highest BCUT2D eigenvalue weighted by atomic mass is 19.1. The first-order valence-electron chi connectivity index (χ1n) is 7.84. The number of ether oxygens (including phenoxy) is 2. The van der Waals surface area contributed by atoms with E-state index in [0.29, 0.717) is 23.6 Å². The molecular formula is C19H20FNO3. The van der Waals surface area contributed by atoms with Gasteiger partial charge < -0.3 is 14.8 Å². The smallest absolute Gasteiger partial charge is 0.251 e. The average molecular weight is 329 g/mol. The van der Waals surface area contributed by atoms with E-state index in [-0.39, 0.29) is 17.1 Å². The van der Waals surface area contributed by atoms with Crippen molar-refractivity contribution in [2.24, 2.45) is 0 Å². The van der Waals surface area contributed by atoms with Gasteiger partial charge in [-0.3, -0.25) is 4.79 Å². The van der Waals surface area contributed by atoms with Crippen LogP contribution in [0, 0.1) is 5.82 Å². The van der Waals surface area contributed by atoms with E-state index < -0.39 is 0 Å². The third kappa shape index (κ3) is 3.20. The highest BCUT2D eigenvalue weighted by Gasteiger charge is 2.44. The fraction of sp³-hybridized carbons (Fsp3) is 0.316. The molecule has 0 bridgehead atoms. The van der Waals surface area contributed by atoms with Crippen LogP contribution in [0.25, 0.3) is 0 Å². The van der Waals surface area contributed by atoms with Crippen molar-refractivity contribution in [2.45, 2.75) is 18.3 Å². The van der Waals surface area contributed by atoms with Gasteiger partial charge in [-0.2, -0.15) is 0 Å². The van der Waals surface area contributed by atoms with Gasteiger partial charge in [-0.25, -0.2) is 4.39 Å². The molecule has 1 saturated carbocycles. The molecule has 0 aromatic heterocycles. The largest absolute Gasteiger partial charge is 0.493 e. The van der Waals surface area contributed by atoms with Crippen LogP contribution in [0.2, 0.25) is 0 Å². The van der Waals surface area contributed by atoms with Gasteiger partial charge in [-0.15, -0.1) is 0 Å². The Morgan fingerprint density at radius 1 is 1.08 bits per heavy atom. The van der Waals surface area contributed by atoms with Gasteiger partial charge in [0.05, 0.1) is 14.2 Å². The van der Waals surface area contributed by atoms with Crippen LogP contribution < -0.4 is 14.8 Å². The number of nitrogens with one attached hydrogen (secondary N) is 1. The van der Waals surface area contributed by atoms with Crippen molar-refractivity contribution < 1.29 is 18.7 Å². The summed E-state index contributed by atoms with van der Waals surface area (Å²) >= 11 is 0. The minimum atomic E-state index is -0.246. The molecule has 0 aliphatic heterocycles. The summed E-state index contributed by atoms with van der Waals surface area (Å²) in [4.78, 5) is 12.4. The second-order valence-electron chi connectivity index (χ2n) is 6.04. The van der Waals surface area contributed by atoms with Crippen LogP contribution in [0.1, 0.15) is 28.8 Å². The first-order valence-corrected chi connectivity index (χ1v) is 7.84. The van der Waals surface area contributed by atoms with E-state index in [0.717, 1.165) is 18.4 Å². The maximum atomic E-state index is 13.1. The zero-order valence-electron chi connectivity index (χ0n) is 13.8. The van der Waals surface area contributed by atoms with Gasteiger partial charge in [0, 0.05) is 17.5 Å². The van der Waals surface area contributed by atoms with Crippen molar-refractivity contribution >= 4 is 5.91 Å². The molecule has 1 aliphatic rings. The van der Waals surface area contributed by atoms with Gasteiger partial charge in [-0.1, -0.05) is 12.1 Å². The molecule has 0 saturated heterocycles. The van der Waals surface area contributed by atoms with Gasteiger partial charge in [-0.05, 0) is 48.7 Å². The summed E-state index contributed by atoms with van der Waals surface area (Å²) in [5.74, 6) is 0.692. The molecule has 4 nitrogen and oxygen atoms in total. The molecule has 1 fully saturated rings. The fourth-order valence-electron chi connectivity index (χ4n) is 2.85. The predicted molar refractivity (Wildman–Crippen MR) is 89.2 cm³/mol. The summed E-state index contributed by atoms with van der Waals surface area (Å²) in [6.07, 6.45) is 1.98. The quantitative estimate of drug-likeness (QED) is 0.884. The lowest BCUT2D eigenvalue weighted by Gasteiger charge is -2.17. The number of hydrogen-bond acceptors (Lipinski definition) is 3. The summed E-state index contributed by atoms with van der Waals surface area (Å²) in [6.45, 7) is 0.534. The van der Waals surface area contributed by atoms with E-state index in [1.54, 1.807) is 37.4 Å². The normalized spacial score (nSPS) is 14.8. The number of halogens is 1. The second kappa shape index (κ2) is 6.51. The van der Waals surface area contributed by atoms with Gasteiger partial charge in [0.25, 0.3) is 5.91 Å². The summed E-state index contributed by atoms with van der Waals surface area (Å²) in [5.41, 5.74) is 1.51. The minimum Gasteiger partial charge on any atom is -0.493 e. The number of carbonyl (C=O) groups is 1. The number of rotatable bonds is 6. The van der Waals surface area contributed by atoms with Crippen LogP contribution in [-0.2, 0) is 5.41 Å². The highest BCUT2D eigenvalue weighted by molar-refractivity contribution is 5.95. The van der Waals surface area contributed by atoms with Crippen LogP contribution in [0.15, 0.2) is 42.5 Å². The molecule has 0 atom stereocenters. The van der Waals surface area contributed by atoms with Crippen molar-refractivity contribution in [3.05, 3.63) is 59.4 Å². The highest BCUT2D eigenvalue weighted by Crippen LogP contribution is 2.47. The van der Waals surface area contributed by atoms with E-state index >= 15 is 0 Å². The standard InChI is InChI=1S/C19H20FNO3/c1-23-16-8-3-13(11-17(16)24-2)18(22)21-12-19(9-10-19)14-4-6-15(20)7-5-14/h3-8,11H,9-10,12H2,1-2H3,(H,21,22). The number of hydrogen-bond donors (Lipinski definition) is 1. The van der Waals surface area contributed by atoms with Gasteiger partial charge in [0.1, 0.15) is 5.82 Å². The number of methoxy groups -OCH3 is 2. The number of benzene rings is 2. The Balaban J connectivity index is 1.68. The first kappa shape index (κ1) is 16.3. The Labute approximate surface area is 140 Å². The number of carbonyl (C=O) groups excluding carboxylic acids is 1. The third-order valence-corrected chi connectivity index (χ3v) is 4.54. The molecule has 5 heteroatoms. The van der Waals surface area contributed by atoms with Crippen LogP contribution >= 0.6 is 0 Å². The van der Waals surface area contributed by atoms with E-state index in [1.807, 2.05) is 0 Å². The second-order valence-corrected chi connectivity index (χ2v) is 6.04. The Hall–Kier alpha value is -2.56. The summed E-state index contributed by atoms with van der Waals surface area (Å²) in [5, 5.41) is 2.97. The van der Waals surface area contributed by atoms with Crippen LogP contribution in [0.5, 0.6) is 11.5 Å². The lowest BCUT2D eigenvalue weighted by Crippen LogP contribution is -2.32. The van der Waals surface area contributed by atoms with Crippen molar-refractivity contribution in [1.82, 2.24) is 5.32 Å². The van der Waals surface area contributed by atoms with Gasteiger partial charge >= 0.3 is 0 Å². The third-order valence-electron chi connectivity index (χ3n) is 4.54. The molecule has 126 valence electrons. The zero-order chi connectivity index (χ0) is 17.2. The molecule has 0 radical (unpaired) electrons. The van der Waals surface area contributed by atoms with E-state index in [9.17, 15) is 9.18 Å². The first-order chi connectivity index (χ1) is 11.6. The van der Waals surface area contributed by atoms with Crippen molar-refractivity contribution in [2.75, 3.05) is 20.8 Å². The molecule has 2 aromatic carbocycles. The Bertz CT molecular complexity index is 739. The lowest BCUT2D eigenvalue weighted by atomic mass is 9.96. The average Bonchev–Trinajstić information content (AvgIpc) is 3.40. The van der Waals surface area contributed by atoms with E-state index in [4.69, 9.17) is 9.47 Å². The van der Waals surface area contributed by atoms with Crippen LogP contribution in [0.3, 0.4) is 0 Å². The van der Waals surface area contributed by atoms with Crippen molar-refractivity contribution in [3.8, 4) is 11.5 Å². The molecular weight excluding hydrogens is 309 g/mol. The fourth-order valence-corrected chi connectivity index (χ4v) is 2.85. The van der Waals surface area contributed by atoms with Crippen molar-refractivity contribution in [1.29, 1.82) is 0 Å². The van der Waals surface area contributed by atoms with E-state index in [2.05, 4.69) is 5.32 Å². The molecule has 3 rings (SSSR count). The topological polar surface area (TPSA) is 47.6 Å². The maximum Gasteiger partial charge on any atom is 0.251 e. The zero-order valence-corrected chi connectivity index (χ0v) is 13.8. The number of amides is 1. The monoisotopic (exact) mass is 329 g/mol. The van der Waals surface area contributed by atoms with Crippen LogP contribution in [0.4, 0.5) is 4.39 Å². The minimum absolute atomic E-state index is 0.0695. The molecule has 24 heavy (non-hydrogen) atoms. The summed E-state index contributed by atoms with van der Waals surface area (Å²) < 4.78 is 23.5. The lowest BCUT2D eigenvalue weighted by molar-refractivity contribution is 0.0949. The molecule has 0 unspecified atom stereocenters. The van der Waals surface area contributed by atoms with Gasteiger partial charge in [0.2, 0.25) is 0 Å².